The number of pyridine rings is 1. The van der Waals surface area contributed by atoms with Crippen LogP contribution in [0.5, 0.6) is 5.75 Å². The van der Waals surface area contributed by atoms with Crippen LogP contribution in [0, 0.1) is 5.41 Å². The van der Waals surface area contributed by atoms with Gasteiger partial charge in [-0.1, -0.05) is 19.3 Å². The lowest BCUT2D eigenvalue weighted by molar-refractivity contribution is -0.0705. The van der Waals surface area contributed by atoms with Crippen molar-refractivity contribution in [2.24, 2.45) is 5.41 Å². The van der Waals surface area contributed by atoms with Gasteiger partial charge in [-0.25, -0.2) is 4.79 Å². The minimum atomic E-state index is -0.959. The molecule has 1 heterocycles. The van der Waals surface area contributed by atoms with Gasteiger partial charge in [-0.3, -0.25) is 4.98 Å². The molecule has 1 aromatic heterocycles. The van der Waals surface area contributed by atoms with E-state index in [1.54, 1.807) is 12.3 Å². The fourth-order valence-corrected chi connectivity index (χ4v) is 3.45. The van der Waals surface area contributed by atoms with Gasteiger partial charge in [0.25, 0.3) is 0 Å². The molecule has 1 spiro atoms. The maximum absolute atomic E-state index is 10.9. The van der Waals surface area contributed by atoms with Crippen LogP contribution in [0.1, 0.15) is 55.3 Å². The Balaban J connectivity index is 1.71. The number of rotatable bonds is 3. The predicted molar refractivity (Wildman–Crippen MR) is 70.4 cm³/mol. The number of aromatic carboxylic acids is 1. The molecule has 0 aromatic carbocycles. The largest absolute Gasteiger partial charge is 0.488 e. The van der Waals surface area contributed by atoms with Crippen LogP contribution in [-0.2, 0) is 0 Å². The Morgan fingerprint density at radius 3 is 2.68 bits per heavy atom. The van der Waals surface area contributed by atoms with Crippen molar-refractivity contribution in [2.75, 3.05) is 0 Å². The number of carbonyl (C=O) groups is 1. The van der Waals surface area contributed by atoms with E-state index in [0.29, 0.717) is 11.2 Å². The standard InChI is InChI=1S/C15H19NO3/c17-14(18)11-8-12(10-16-9-11)19-13-4-7-15(13)5-2-1-3-6-15/h8-10,13H,1-7H2,(H,17,18). The van der Waals surface area contributed by atoms with Gasteiger partial charge in [-0.05, 0) is 31.7 Å². The van der Waals surface area contributed by atoms with Crippen LogP contribution in [0.4, 0.5) is 0 Å². The zero-order valence-corrected chi connectivity index (χ0v) is 11.0. The van der Waals surface area contributed by atoms with E-state index in [1.807, 2.05) is 0 Å². The third kappa shape index (κ3) is 2.31. The molecule has 2 aliphatic carbocycles. The summed E-state index contributed by atoms with van der Waals surface area (Å²) in [6.07, 6.45) is 12.0. The summed E-state index contributed by atoms with van der Waals surface area (Å²) in [5.41, 5.74) is 0.548. The Kier molecular flexibility index (Phi) is 3.17. The highest BCUT2D eigenvalue weighted by Crippen LogP contribution is 2.53. The summed E-state index contributed by atoms with van der Waals surface area (Å²) in [6, 6.07) is 1.57. The Hall–Kier alpha value is -1.58. The van der Waals surface area contributed by atoms with Crippen molar-refractivity contribution in [3.05, 3.63) is 24.0 Å². The molecule has 0 bridgehead atoms. The van der Waals surface area contributed by atoms with Crippen molar-refractivity contribution in [2.45, 2.75) is 51.0 Å². The fourth-order valence-electron chi connectivity index (χ4n) is 3.45. The molecule has 19 heavy (non-hydrogen) atoms. The van der Waals surface area contributed by atoms with Crippen LogP contribution in [-0.4, -0.2) is 22.2 Å². The van der Waals surface area contributed by atoms with E-state index in [1.165, 1.54) is 44.7 Å². The number of hydrogen-bond donors (Lipinski definition) is 1. The van der Waals surface area contributed by atoms with Crippen molar-refractivity contribution in [3.63, 3.8) is 0 Å². The first-order valence-corrected chi connectivity index (χ1v) is 7.05. The van der Waals surface area contributed by atoms with Crippen LogP contribution < -0.4 is 4.74 Å². The van der Waals surface area contributed by atoms with Crippen LogP contribution in [0.3, 0.4) is 0 Å². The van der Waals surface area contributed by atoms with Crippen LogP contribution in [0.15, 0.2) is 18.5 Å². The quantitative estimate of drug-likeness (QED) is 0.907. The number of hydrogen-bond acceptors (Lipinski definition) is 3. The average Bonchev–Trinajstić information content (AvgIpc) is 2.45. The molecule has 1 unspecified atom stereocenters. The van der Waals surface area contributed by atoms with Crippen LogP contribution in [0.2, 0.25) is 0 Å². The van der Waals surface area contributed by atoms with Crippen molar-refractivity contribution < 1.29 is 14.6 Å². The topological polar surface area (TPSA) is 59.4 Å². The first kappa shape index (κ1) is 12.5. The summed E-state index contributed by atoms with van der Waals surface area (Å²) in [6.45, 7) is 0. The zero-order chi connectivity index (χ0) is 13.3. The summed E-state index contributed by atoms with van der Waals surface area (Å²) in [7, 11) is 0. The van der Waals surface area contributed by atoms with E-state index in [-0.39, 0.29) is 11.7 Å². The SMILES string of the molecule is O=C(O)c1cncc(OC2CCC23CCCCC3)c1. The van der Waals surface area contributed by atoms with Gasteiger partial charge >= 0.3 is 5.97 Å². The normalized spacial score (nSPS) is 24.7. The Morgan fingerprint density at radius 1 is 1.26 bits per heavy atom. The summed E-state index contributed by atoms with van der Waals surface area (Å²) < 4.78 is 6.01. The zero-order valence-electron chi connectivity index (χ0n) is 11.0. The summed E-state index contributed by atoms with van der Waals surface area (Å²) in [5, 5.41) is 8.96. The highest BCUT2D eigenvalue weighted by molar-refractivity contribution is 5.87. The number of nitrogens with zero attached hydrogens (tertiary/aromatic N) is 1. The minimum absolute atomic E-state index is 0.189. The molecular formula is C15H19NO3. The number of carboxylic acid groups (broad SMARTS) is 1. The monoisotopic (exact) mass is 261 g/mol. The van der Waals surface area contributed by atoms with Crippen LogP contribution >= 0.6 is 0 Å². The molecule has 3 rings (SSSR count). The Bertz CT molecular complexity index is 480. The lowest BCUT2D eigenvalue weighted by Crippen LogP contribution is -2.49. The van der Waals surface area contributed by atoms with E-state index in [0.717, 1.165) is 6.42 Å². The van der Waals surface area contributed by atoms with Crippen LogP contribution in [0.25, 0.3) is 0 Å². The van der Waals surface area contributed by atoms with E-state index >= 15 is 0 Å². The summed E-state index contributed by atoms with van der Waals surface area (Å²) in [4.78, 5) is 14.9. The minimum Gasteiger partial charge on any atom is -0.488 e. The number of carboxylic acids is 1. The molecule has 4 heteroatoms. The third-order valence-electron chi connectivity index (χ3n) is 4.68. The third-order valence-corrected chi connectivity index (χ3v) is 4.68. The van der Waals surface area contributed by atoms with Gasteiger partial charge in [0.15, 0.2) is 0 Å². The maximum Gasteiger partial charge on any atom is 0.337 e. The lowest BCUT2D eigenvalue weighted by atomic mass is 9.58. The van der Waals surface area contributed by atoms with Gasteiger partial charge in [0, 0.05) is 11.6 Å². The Labute approximate surface area is 112 Å². The highest BCUT2D eigenvalue weighted by Gasteiger charge is 2.48. The molecule has 102 valence electrons. The summed E-state index contributed by atoms with van der Waals surface area (Å²) in [5.74, 6) is -0.367. The van der Waals surface area contributed by atoms with Gasteiger partial charge in [0.1, 0.15) is 11.9 Å². The second-order valence-electron chi connectivity index (χ2n) is 5.78. The van der Waals surface area contributed by atoms with Gasteiger partial charge in [-0.2, -0.15) is 0 Å². The fraction of sp³-hybridized carbons (Fsp3) is 0.600. The van der Waals surface area contributed by atoms with Crippen molar-refractivity contribution in [3.8, 4) is 5.75 Å². The lowest BCUT2D eigenvalue weighted by Gasteiger charge is -2.51. The van der Waals surface area contributed by atoms with E-state index in [4.69, 9.17) is 9.84 Å². The van der Waals surface area contributed by atoms with Crippen molar-refractivity contribution >= 4 is 5.97 Å². The van der Waals surface area contributed by atoms with E-state index in [2.05, 4.69) is 4.98 Å². The van der Waals surface area contributed by atoms with E-state index < -0.39 is 5.97 Å². The van der Waals surface area contributed by atoms with Gasteiger partial charge in [0.2, 0.25) is 0 Å². The first-order valence-electron chi connectivity index (χ1n) is 7.05. The smallest absolute Gasteiger partial charge is 0.337 e. The predicted octanol–water partition coefficient (Wildman–Crippen LogP) is 3.27. The molecule has 2 fully saturated rings. The van der Waals surface area contributed by atoms with Gasteiger partial charge in [0.05, 0.1) is 11.8 Å². The Morgan fingerprint density at radius 2 is 2.05 bits per heavy atom. The second kappa shape index (κ2) is 4.83. The molecule has 2 aliphatic rings. The summed E-state index contributed by atoms with van der Waals surface area (Å²) >= 11 is 0. The number of ether oxygens (including phenoxy) is 1. The second-order valence-corrected chi connectivity index (χ2v) is 5.78. The van der Waals surface area contributed by atoms with Crippen molar-refractivity contribution in [1.82, 2.24) is 4.98 Å². The van der Waals surface area contributed by atoms with E-state index in [9.17, 15) is 4.79 Å². The average molecular weight is 261 g/mol. The highest BCUT2D eigenvalue weighted by atomic mass is 16.5. The molecule has 4 nitrogen and oxygen atoms in total. The molecule has 0 saturated heterocycles. The molecule has 1 aromatic rings. The maximum atomic E-state index is 10.9. The van der Waals surface area contributed by atoms with Gasteiger partial charge in [-0.15, -0.1) is 0 Å². The molecular weight excluding hydrogens is 242 g/mol. The number of aromatic nitrogens is 1. The van der Waals surface area contributed by atoms with Gasteiger partial charge < -0.3 is 9.84 Å². The van der Waals surface area contributed by atoms with Crippen molar-refractivity contribution in [1.29, 1.82) is 0 Å². The molecule has 2 saturated carbocycles. The molecule has 1 atom stereocenters. The molecule has 0 aliphatic heterocycles. The molecule has 1 N–H and O–H groups in total. The first-order chi connectivity index (χ1) is 9.20. The molecule has 0 radical (unpaired) electrons. The molecule has 0 amide bonds.